The summed E-state index contributed by atoms with van der Waals surface area (Å²) in [4.78, 5) is 12.2. The number of carbonyl (C=O) groups excluding carboxylic acids is 1. The van der Waals surface area contributed by atoms with Crippen LogP contribution in [0.5, 0.6) is 5.75 Å². The zero-order chi connectivity index (χ0) is 18.3. The van der Waals surface area contributed by atoms with Crippen LogP contribution in [-0.2, 0) is 10.0 Å². The molecule has 0 saturated heterocycles. The van der Waals surface area contributed by atoms with Crippen molar-refractivity contribution in [2.24, 2.45) is 5.14 Å². The largest absolute Gasteiger partial charge is 0.494 e. The number of hydrogen-bond donors (Lipinski definition) is 2. The van der Waals surface area contributed by atoms with Crippen LogP contribution in [0.4, 0.5) is 5.69 Å². The number of hydrogen-bond acceptors (Lipinski definition) is 4. The molecule has 0 aromatic heterocycles. The van der Waals surface area contributed by atoms with Gasteiger partial charge in [-0.1, -0.05) is 25.8 Å². The third-order valence-corrected chi connectivity index (χ3v) is 4.46. The highest BCUT2D eigenvalue weighted by Crippen LogP contribution is 2.17. The van der Waals surface area contributed by atoms with Gasteiger partial charge in [-0.05, 0) is 48.9 Å². The van der Waals surface area contributed by atoms with Gasteiger partial charge in [0.25, 0.3) is 5.91 Å². The monoisotopic (exact) mass is 362 g/mol. The molecule has 0 aliphatic carbocycles. The molecule has 0 unspecified atom stereocenters. The fourth-order valence-electron chi connectivity index (χ4n) is 2.20. The molecule has 0 heterocycles. The lowest BCUT2D eigenvalue weighted by atomic mass is 10.2. The zero-order valence-corrected chi connectivity index (χ0v) is 14.9. The molecule has 1 amide bonds. The highest BCUT2D eigenvalue weighted by atomic mass is 32.2. The van der Waals surface area contributed by atoms with Gasteiger partial charge in [-0.3, -0.25) is 4.79 Å². The number of nitrogens with two attached hydrogens (primary N) is 1. The van der Waals surface area contributed by atoms with Gasteiger partial charge in [0.15, 0.2) is 0 Å². The molecule has 3 N–H and O–H groups in total. The van der Waals surface area contributed by atoms with Crippen LogP contribution in [0, 0.1) is 0 Å². The van der Waals surface area contributed by atoms with Crippen LogP contribution in [0.1, 0.15) is 36.5 Å². The van der Waals surface area contributed by atoms with Crippen LogP contribution in [0.2, 0.25) is 0 Å². The first-order chi connectivity index (χ1) is 11.9. The van der Waals surface area contributed by atoms with E-state index in [1.54, 1.807) is 30.3 Å². The minimum Gasteiger partial charge on any atom is -0.494 e. The minimum absolute atomic E-state index is 0.0545. The van der Waals surface area contributed by atoms with Gasteiger partial charge in [-0.15, -0.1) is 0 Å². The summed E-state index contributed by atoms with van der Waals surface area (Å²) >= 11 is 0. The number of anilines is 1. The summed E-state index contributed by atoms with van der Waals surface area (Å²) in [5.74, 6) is 0.368. The second-order valence-corrected chi connectivity index (χ2v) is 7.17. The minimum atomic E-state index is -3.81. The van der Waals surface area contributed by atoms with Crippen molar-refractivity contribution in [1.82, 2.24) is 0 Å². The van der Waals surface area contributed by atoms with Crippen molar-refractivity contribution in [3.63, 3.8) is 0 Å². The van der Waals surface area contributed by atoms with Crippen molar-refractivity contribution < 1.29 is 17.9 Å². The average Bonchev–Trinajstić information content (AvgIpc) is 2.59. The first kappa shape index (κ1) is 19.0. The number of rotatable bonds is 8. The fraction of sp³-hybridized carbons (Fsp3) is 0.278. The summed E-state index contributed by atoms with van der Waals surface area (Å²) in [6.07, 6.45) is 3.26. The Morgan fingerprint density at radius 3 is 2.48 bits per heavy atom. The van der Waals surface area contributed by atoms with Crippen molar-refractivity contribution in [3.8, 4) is 5.75 Å². The van der Waals surface area contributed by atoms with Crippen LogP contribution < -0.4 is 15.2 Å². The number of carbonyl (C=O) groups is 1. The van der Waals surface area contributed by atoms with Gasteiger partial charge in [-0.25, -0.2) is 13.6 Å². The SMILES string of the molecule is CCCCCOc1ccc(C(=O)Nc2cccc(S(N)(=O)=O)c2)cc1. The molecule has 7 heteroatoms. The van der Waals surface area contributed by atoms with E-state index in [-0.39, 0.29) is 10.8 Å². The highest BCUT2D eigenvalue weighted by Gasteiger charge is 2.10. The second-order valence-electron chi connectivity index (χ2n) is 5.61. The Kier molecular flexibility index (Phi) is 6.55. The molecule has 0 bridgehead atoms. The summed E-state index contributed by atoms with van der Waals surface area (Å²) in [6.45, 7) is 2.78. The van der Waals surface area contributed by atoms with Crippen molar-refractivity contribution >= 4 is 21.6 Å². The van der Waals surface area contributed by atoms with Crippen LogP contribution in [0.15, 0.2) is 53.4 Å². The molecule has 0 aliphatic heterocycles. The third-order valence-electron chi connectivity index (χ3n) is 3.55. The lowest BCUT2D eigenvalue weighted by molar-refractivity contribution is 0.102. The summed E-state index contributed by atoms with van der Waals surface area (Å²) in [7, 11) is -3.81. The number of ether oxygens (including phenoxy) is 1. The van der Waals surface area contributed by atoms with Gasteiger partial charge in [0, 0.05) is 11.3 Å². The third kappa shape index (κ3) is 5.88. The van der Waals surface area contributed by atoms with Gasteiger partial charge in [0.05, 0.1) is 11.5 Å². The van der Waals surface area contributed by atoms with Gasteiger partial charge in [0.1, 0.15) is 5.75 Å². The first-order valence-corrected chi connectivity index (χ1v) is 9.62. The smallest absolute Gasteiger partial charge is 0.255 e. The predicted molar refractivity (Wildman–Crippen MR) is 97.2 cm³/mol. The first-order valence-electron chi connectivity index (χ1n) is 8.07. The number of benzene rings is 2. The van der Waals surface area contributed by atoms with E-state index in [4.69, 9.17) is 9.88 Å². The summed E-state index contributed by atoms with van der Waals surface area (Å²) < 4.78 is 28.3. The number of primary sulfonamides is 1. The lowest BCUT2D eigenvalue weighted by Crippen LogP contribution is -2.14. The number of amides is 1. The van der Waals surface area contributed by atoms with Crippen LogP contribution in [0.3, 0.4) is 0 Å². The van der Waals surface area contributed by atoms with Gasteiger partial charge < -0.3 is 10.1 Å². The Morgan fingerprint density at radius 2 is 1.84 bits per heavy atom. The molecule has 0 radical (unpaired) electrons. The maximum absolute atomic E-state index is 12.3. The molecule has 0 atom stereocenters. The number of nitrogens with one attached hydrogen (secondary N) is 1. The van der Waals surface area contributed by atoms with Crippen molar-refractivity contribution in [1.29, 1.82) is 0 Å². The van der Waals surface area contributed by atoms with Crippen LogP contribution in [-0.4, -0.2) is 20.9 Å². The topological polar surface area (TPSA) is 98.5 Å². The normalized spacial score (nSPS) is 11.1. The van der Waals surface area contributed by atoms with Crippen molar-refractivity contribution in [2.45, 2.75) is 31.1 Å². The van der Waals surface area contributed by atoms with E-state index in [1.807, 2.05) is 0 Å². The molecule has 0 saturated carbocycles. The fourth-order valence-corrected chi connectivity index (χ4v) is 2.76. The lowest BCUT2D eigenvalue weighted by Gasteiger charge is -2.08. The van der Waals surface area contributed by atoms with Crippen molar-refractivity contribution in [3.05, 3.63) is 54.1 Å². The highest BCUT2D eigenvalue weighted by molar-refractivity contribution is 7.89. The Balaban J connectivity index is 1.99. The molecule has 2 rings (SSSR count). The molecule has 2 aromatic carbocycles. The molecular formula is C18H22N2O4S. The average molecular weight is 362 g/mol. The van der Waals surface area contributed by atoms with Crippen LogP contribution in [0.25, 0.3) is 0 Å². The second kappa shape index (κ2) is 8.64. The summed E-state index contributed by atoms with van der Waals surface area (Å²) in [5.41, 5.74) is 0.804. The Morgan fingerprint density at radius 1 is 1.12 bits per heavy atom. The van der Waals surface area contributed by atoms with E-state index >= 15 is 0 Å². The summed E-state index contributed by atoms with van der Waals surface area (Å²) in [6, 6.07) is 12.6. The zero-order valence-electron chi connectivity index (χ0n) is 14.1. The number of unbranched alkanes of at least 4 members (excludes halogenated alkanes) is 2. The van der Waals surface area contributed by atoms with E-state index in [1.165, 1.54) is 18.2 Å². The Labute approximate surface area is 148 Å². The summed E-state index contributed by atoms with van der Waals surface area (Å²) in [5, 5.41) is 7.74. The maximum Gasteiger partial charge on any atom is 0.255 e. The maximum atomic E-state index is 12.3. The van der Waals surface area contributed by atoms with Gasteiger partial charge in [-0.2, -0.15) is 0 Å². The Bertz CT molecular complexity index is 817. The quantitative estimate of drug-likeness (QED) is 0.705. The van der Waals surface area contributed by atoms with Crippen LogP contribution >= 0.6 is 0 Å². The molecule has 0 spiro atoms. The van der Waals surface area contributed by atoms with Crippen molar-refractivity contribution in [2.75, 3.05) is 11.9 Å². The molecule has 6 nitrogen and oxygen atoms in total. The van der Waals surface area contributed by atoms with E-state index in [2.05, 4.69) is 12.2 Å². The van der Waals surface area contributed by atoms with Gasteiger partial charge in [0.2, 0.25) is 10.0 Å². The van der Waals surface area contributed by atoms with E-state index < -0.39 is 10.0 Å². The van der Waals surface area contributed by atoms with E-state index in [9.17, 15) is 13.2 Å². The Hall–Kier alpha value is -2.38. The molecular weight excluding hydrogens is 340 g/mol. The predicted octanol–water partition coefficient (Wildman–Crippen LogP) is 3.16. The molecule has 134 valence electrons. The van der Waals surface area contributed by atoms with E-state index in [0.29, 0.717) is 23.6 Å². The molecule has 25 heavy (non-hydrogen) atoms. The standard InChI is InChI=1S/C18H22N2O4S/c1-2-3-4-12-24-16-10-8-14(9-11-16)18(21)20-15-6-5-7-17(13-15)25(19,22)23/h5-11,13H,2-4,12H2,1H3,(H,20,21)(H2,19,22,23). The molecule has 2 aromatic rings. The van der Waals surface area contributed by atoms with E-state index in [0.717, 1.165) is 19.3 Å². The number of sulfonamides is 1. The van der Waals surface area contributed by atoms with Gasteiger partial charge >= 0.3 is 0 Å². The molecule has 0 aliphatic rings. The molecule has 0 fully saturated rings.